The van der Waals surface area contributed by atoms with Gasteiger partial charge in [0, 0.05) is 25.6 Å². The molecule has 0 fully saturated rings. The molecule has 0 aliphatic rings. The zero-order valence-corrected chi connectivity index (χ0v) is 18.5. The van der Waals surface area contributed by atoms with E-state index in [1.54, 1.807) is 26.0 Å². The van der Waals surface area contributed by atoms with E-state index in [1.807, 2.05) is 18.2 Å². The summed E-state index contributed by atoms with van der Waals surface area (Å²) in [6, 6.07) is 10.7. The predicted octanol–water partition coefficient (Wildman–Crippen LogP) is 3.21. The molecule has 1 heterocycles. The lowest BCUT2D eigenvalue weighted by atomic mass is 10.0. The molecule has 0 bridgehead atoms. The van der Waals surface area contributed by atoms with Gasteiger partial charge in [-0.25, -0.2) is 4.98 Å². The van der Waals surface area contributed by atoms with Crippen LogP contribution < -0.4 is 14.2 Å². The van der Waals surface area contributed by atoms with Gasteiger partial charge in [-0.1, -0.05) is 25.1 Å². The molecule has 0 radical (unpaired) electrons. The predicted molar refractivity (Wildman–Crippen MR) is 114 cm³/mol. The monoisotopic (exact) mass is 445 g/mol. The molecular formula is C23H27NO8. The first-order chi connectivity index (χ1) is 15.3. The fourth-order valence-corrected chi connectivity index (χ4v) is 2.64. The maximum atomic E-state index is 12.8. The van der Waals surface area contributed by atoms with Crippen LogP contribution in [0.25, 0.3) is 0 Å². The standard InChI is InChI=1S/C23H27NO8/c1-15(23(27)32-16(2)13-29-18-8-6-5-7-9-18)12-19(26)21-22(31-14-30-17(3)25)20(28-4)10-11-24-21/h5-11,15-16H,12-14H2,1-4H3/t15-,16+/m1/s1. The number of esters is 2. The van der Waals surface area contributed by atoms with Crippen LogP contribution in [0.1, 0.15) is 37.7 Å². The average Bonchev–Trinajstić information content (AvgIpc) is 2.78. The zero-order valence-electron chi connectivity index (χ0n) is 18.5. The summed E-state index contributed by atoms with van der Waals surface area (Å²) in [5.74, 6) is -1.29. The molecule has 0 aliphatic carbocycles. The molecule has 2 atom stereocenters. The molecule has 0 spiro atoms. The van der Waals surface area contributed by atoms with Crippen molar-refractivity contribution in [3.63, 3.8) is 0 Å². The van der Waals surface area contributed by atoms with Crippen LogP contribution in [0.5, 0.6) is 17.2 Å². The lowest BCUT2D eigenvalue weighted by Gasteiger charge is -2.18. The first-order valence-corrected chi connectivity index (χ1v) is 10.0. The highest BCUT2D eigenvalue weighted by Crippen LogP contribution is 2.31. The van der Waals surface area contributed by atoms with Crippen molar-refractivity contribution in [2.24, 2.45) is 5.92 Å². The number of methoxy groups -OCH3 is 1. The molecule has 9 heteroatoms. The summed E-state index contributed by atoms with van der Waals surface area (Å²) in [5.41, 5.74) is -0.0309. The van der Waals surface area contributed by atoms with Crippen LogP contribution >= 0.6 is 0 Å². The third-order valence-electron chi connectivity index (χ3n) is 4.26. The average molecular weight is 445 g/mol. The molecule has 1 aromatic carbocycles. The zero-order chi connectivity index (χ0) is 23.5. The Labute approximate surface area is 186 Å². The summed E-state index contributed by atoms with van der Waals surface area (Å²) >= 11 is 0. The van der Waals surface area contributed by atoms with Crippen LogP contribution in [0.15, 0.2) is 42.6 Å². The molecule has 1 aromatic heterocycles. The molecule has 0 aliphatic heterocycles. The minimum absolute atomic E-state index is 0.0309. The van der Waals surface area contributed by atoms with Crippen molar-refractivity contribution in [1.29, 1.82) is 0 Å². The number of benzene rings is 1. The van der Waals surface area contributed by atoms with Crippen LogP contribution in [0.4, 0.5) is 0 Å². The van der Waals surface area contributed by atoms with Crippen LogP contribution in [0, 0.1) is 5.92 Å². The van der Waals surface area contributed by atoms with E-state index in [0.717, 1.165) is 0 Å². The second-order valence-electron chi connectivity index (χ2n) is 6.99. The van der Waals surface area contributed by atoms with Gasteiger partial charge < -0.3 is 23.7 Å². The van der Waals surface area contributed by atoms with Crippen molar-refractivity contribution in [3.8, 4) is 17.2 Å². The molecule has 0 N–H and O–H groups in total. The van der Waals surface area contributed by atoms with Crippen LogP contribution in [0.3, 0.4) is 0 Å². The minimum atomic E-state index is -0.726. The summed E-state index contributed by atoms with van der Waals surface area (Å²) < 4.78 is 26.3. The number of carbonyl (C=O) groups excluding carboxylic acids is 3. The molecule has 2 rings (SSSR count). The highest BCUT2D eigenvalue weighted by Gasteiger charge is 2.26. The van der Waals surface area contributed by atoms with E-state index < -0.39 is 36.5 Å². The molecule has 0 unspecified atom stereocenters. The van der Waals surface area contributed by atoms with E-state index in [9.17, 15) is 14.4 Å². The number of rotatable bonds is 12. The number of nitrogens with zero attached hydrogens (tertiary/aromatic N) is 1. The van der Waals surface area contributed by atoms with Gasteiger partial charge in [0.25, 0.3) is 0 Å². The topological polar surface area (TPSA) is 110 Å². The summed E-state index contributed by atoms with van der Waals surface area (Å²) in [7, 11) is 1.40. The number of hydrogen-bond donors (Lipinski definition) is 0. The Morgan fingerprint density at radius 1 is 1.03 bits per heavy atom. The number of hydrogen-bond acceptors (Lipinski definition) is 9. The Bertz CT molecular complexity index is 915. The second-order valence-corrected chi connectivity index (χ2v) is 6.99. The van der Waals surface area contributed by atoms with Crippen molar-refractivity contribution < 1.29 is 38.1 Å². The van der Waals surface area contributed by atoms with Gasteiger partial charge in [-0.15, -0.1) is 0 Å². The number of ketones is 1. The summed E-state index contributed by atoms with van der Waals surface area (Å²) in [6.45, 7) is 4.30. The molecule has 9 nitrogen and oxygen atoms in total. The van der Waals surface area contributed by atoms with Crippen molar-refractivity contribution in [2.45, 2.75) is 33.3 Å². The quantitative estimate of drug-likeness (QED) is 0.276. The molecule has 0 amide bonds. The Morgan fingerprint density at radius 2 is 1.75 bits per heavy atom. The first kappa shape index (κ1) is 24.6. The van der Waals surface area contributed by atoms with Crippen molar-refractivity contribution in [2.75, 3.05) is 20.5 Å². The molecule has 0 saturated heterocycles. The van der Waals surface area contributed by atoms with Crippen molar-refractivity contribution >= 4 is 17.7 Å². The number of aromatic nitrogens is 1. The smallest absolute Gasteiger partial charge is 0.309 e. The van der Waals surface area contributed by atoms with Gasteiger partial charge in [-0.3, -0.25) is 14.4 Å². The van der Waals surface area contributed by atoms with E-state index in [4.69, 9.17) is 23.7 Å². The lowest BCUT2D eigenvalue weighted by Crippen LogP contribution is -2.27. The Morgan fingerprint density at radius 3 is 2.41 bits per heavy atom. The largest absolute Gasteiger partial charge is 0.493 e. The maximum absolute atomic E-state index is 12.8. The van der Waals surface area contributed by atoms with Crippen LogP contribution in [-0.4, -0.2) is 49.3 Å². The Hall–Kier alpha value is -3.62. The number of pyridine rings is 1. The van der Waals surface area contributed by atoms with E-state index in [0.29, 0.717) is 5.75 Å². The van der Waals surface area contributed by atoms with Gasteiger partial charge in [0.15, 0.2) is 23.0 Å². The van der Waals surface area contributed by atoms with Gasteiger partial charge in [-0.05, 0) is 19.1 Å². The lowest BCUT2D eigenvalue weighted by molar-refractivity contribution is -0.154. The Balaban J connectivity index is 1.95. The van der Waals surface area contributed by atoms with E-state index in [-0.39, 0.29) is 30.2 Å². The SMILES string of the molecule is COc1ccnc(C(=O)C[C@@H](C)C(=O)O[C@@H](C)COc2ccccc2)c1OCOC(C)=O. The number of Topliss-reactive ketones (excluding diaryl/α,β-unsaturated/α-hetero) is 1. The summed E-state index contributed by atoms with van der Waals surface area (Å²) in [6.07, 6.45) is 0.726. The van der Waals surface area contributed by atoms with Gasteiger partial charge in [-0.2, -0.15) is 0 Å². The molecule has 172 valence electrons. The normalized spacial score (nSPS) is 12.2. The Kier molecular flexibility index (Phi) is 9.46. The van der Waals surface area contributed by atoms with E-state index in [1.165, 1.54) is 26.3 Å². The highest BCUT2D eigenvalue weighted by molar-refractivity contribution is 5.99. The summed E-state index contributed by atoms with van der Waals surface area (Å²) in [4.78, 5) is 40.2. The highest BCUT2D eigenvalue weighted by atomic mass is 16.7. The van der Waals surface area contributed by atoms with Crippen molar-refractivity contribution in [1.82, 2.24) is 4.98 Å². The van der Waals surface area contributed by atoms with Gasteiger partial charge in [0.2, 0.25) is 6.79 Å². The third kappa shape index (κ3) is 7.57. The van der Waals surface area contributed by atoms with Gasteiger partial charge in [0.1, 0.15) is 18.5 Å². The number of carbonyl (C=O) groups is 3. The molecule has 0 saturated carbocycles. The molecule has 32 heavy (non-hydrogen) atoms. The molecule has 2 aromatic rings. The van der Waals surface area contributed by atoms with Gasteiger partial charge >= 0.3 is 11.9 Å². The first-order valence-electron chi connectivity index (χ1n) is 10.0. The van der Waals surface area contributed by atoms with E-state index >= 15 is 0 Å². The fraction of sp³-hybridized carbons (Fsp3) is 0.391. The minimum Gasteiger partial charge on any atom is -0.493 e. The van der Waals surface area contributed by atoms with Gasteiger partial charge in [0.05, 0.1) is 13.0 Å². The second kappa shape index (κ2) is 12.3. The summed E-state index contributed by atoms with van der Waals surface area (Å²) in [5, 5.41) is 0. The van der Waals surface area contributed by atoms with Crippen molar-refractivity contribution in [3.05, 3.63) is 48.3 Å². The van der Waals surface area contributed by atoms with E-state index in [2.05, 4.69) is 4.98 Å². The number of ether oxygens (including phenoxy) is 5. The maximum Gasteiger partial charge on any atom is 0.309 e. The number of para-hydroxylation sites is 1. The fourth-order valence-electron chi connectivity index (χ4n) is 2.64. The van der Waals surface area contributed by atoms with Crippen LogP contribution in [0.2, 0.25) is 0 Å². The third-order valence-corrected chi connectivity index (χ3v) is 4.26. The molecular weight excluding hydrogens is 418 g/mol. The van der Waals surface area contributed by atoms with Crippen LogP contribution in [-0.2, 0) is 19.1 Å².